The van der Waals surface area contributed by atoms with E-state index in [0.29, 0.717) is 5.92 Å². The molecular formula is C28H27N. The third-order valence-electron chi connectivity index (χ3n) is 5.39. The van der Waals surface area contributed by atoms with Gasteiger partial charge in [0.25, 0.3) is 0 Å². The maximum Gasteiger partial charge on any atom is 0.0462 e. The molecule has 0 bridgehead atoms. The number of anilines is 3. The first-order chi connectivity index (χ1) is 14.1. The molecule has 0 saturated heterocycles. The Balaban J connectivity index is 1.73. The first-order valence-electron chi connectivity index (χ1n) is 10.2. The van der Waals surface area contributed by atoms with E-state index >= 15 is 0 Å². The van der Waals surface area contributed by atoms with Gasteiger partial charge in [-0.1, -0.05) is 80.6 Å². The van der Waals surface area contributed by atoms with Gasteiger partial charge in [0.2, 0.25) is 0 Å². The van der Waals surface area contributed by atoms with Gasteiger partial charge < -0.3 is 4.90 Å². The second-order valence-corrected chi connectivity index (χ2v) is 7.78. The van der Waals surface area contributed by atoms with Crippen LogP contribution in [-0.2, 0) is 0 Å². The van der Waals surface area contributed by atoms with Crippen LogP contribution in [0.3, 0.4) is 0 Å². The fourth-order valence-corrected chi connectivity index (χ4v) is 3.85. The molecular weight excluding hydrogens is 350 g/mol. The molecule has 0 N–H and O–H groups in total. The summed E-state index contributed by atoms with van der Waals surface area (Å²) in [6.07, 6.45) is 0. The molecule has 1 nitrogen and oxygen atoms in total. The molecule has 0 amide bonds. The summed E-state index contributed by atoms with van der Waals surface area (Å²) in [4.78, 5) is 2.29. The molecule has 0 aliphatic heterocycles. The van der Waals surface area contributed by atoms with E-state index in [4.69, 9.17) is 0 Å². The van der Waals surface area contributed by atoms with Crippen molar-refractivity contribution in [1.82, 2.24) is 0 Å². The summed E-state index contributed by atoms with van der Waals surface area (Å²) in [5.41, 5.74) is 8.77. The standard InChI is InChI=1S/C28H27N/c1-21(2)28-20-24(15-14-22(28)3)23-16-18-27(19-17-23)29(25-10-6-4-7-11-25)26-12-8-5-9-13-26/h4-21H,1-3H3. The number of nitrogens with zero attached hydrogens (tertiary/aromatic N) is 1. The number of hydrogen-bond donors (Lipinski definition) is 0. The molecule has 0 saturated carbocycles. The number of hydrogen-bond acceptors (Lipinski definition) is 1. The highest BCUT2D eigenvalue weighted by Gasteiger charge is 2.12. The predicted octanol–water partition coefficient (Wildman–Crippen LogP) is 8.26. The lowest BCUT2D eigenvalue weighted by Crippen LogP contribution is -2.09. The number of benzene rings is 4. The van der Waals surface area contributed by atoms with E-state index < -0.39 is 0 Å². The fourth-order valence-electron chi connectivity index (χ4n) is 3.85. The SMILES string of the molecule is Cc1ccc(-c2ccc(N(c3ccccc3)c3ccccc3)cc2)cc1C(C)C. The molecule has 0 heterocycles. The minimum atomic E-state index is 0.529. The Morgan fingerprint density at radius 1 is 0.552 bits per heavy atom. The molecule has 0 aliphatic rings. The number of aryl methyl sites for hydroxylation is 1. The quantitative estimate of drug-likeness (QED) is 0.338. The number of rotatable bonds is 5. The summed E-state index contributed by atoms with van der Waals surface area (Å²) >= 11 is 0. The van der Waals surface area contributed by atoms with Gasteiger partial charge in [0.05, 0.1) is 0 Å². The van der Waals surface area contributed by atoms with Crippen LogP contribution < -0.4 is 4.90 Å². The monoisotopic (exact) mass is 377 g/mol. The Bertz CT molecular complexity index is 1020. The van der Waals surface area contributed by atoms with E-state index in [1.807, 2.05) is 0 Å². The molecule has 0 fully saturated rings. The van der Waals surface area contributed by atoms with Gasteiger partial charge in [0, 0.05) is 17.1 Å². The van der Waals surface area contributed by atoms with Crippen molar-refractivity contribution in [3.8, 4) is 11.1 Å². The molecule has 0 aromatic heterocycles. The van der Waals surface area contributed by atoms with E-state index in [1.165, 1.54) is 22.3 Å². The Morgan fingerprint density at radius 3 is 1.55 bits per heavy atom. The zero-order valence-electron chi connectivity index (χ0n) is 17.3. The smallest absolute Gasteiger partial charge is 0.0462 e. The molecule has 0 spiro atoms. The minimum absolute atomic E-state index is 0.529. The van der Waals surface area contributed by atoms with Crippen LogP contribution in [-0.4, -0.2) is 0 Å². The first kappa shape index (κ1) is 19.0. The van der Waals surface area contributed by atoms with Crippen molar-refractivity contribution in [3.05, 3.63) is 114 Å². The van der Waals surface area contributed by atoms with Crippen LogP contribution in [0.25, 0.3) is 11.1 Å². The summed E-state index contributed by atoms with van der Waals surface area (Å²) in [7, 11) is 0. The third-order valence-corrected chi connectivity index (χ3v) is 5.39. The van der Waals surface area contributed by atoms with Crippen LogP contribution in [0.1, 0.15) is 30.9 Å². The molecule has 144 valence electrons. The van der Waals surface area contributed by atoms with Crippen molar-refractivity contribution >= 4 is 17.1 Å². The minimum Gasteiger partial charge on any atom is -0.311 e. The van der Waals surface area contributed by atoms with Gasteiger partial charge in [-0.15, -0.1) is 0 Å². The van der Waals surface area contributed by atoms with Crippen molar-refractivity contribution in [2.45, 2.75) is 26.7 Å². The van der Waals surface area contributed by atoms with Gasteiger partial charge in [-0.25, -0.2) is 0 Å². The second kappa shape index (κ2) is 8.36. The lowest BCUT2D eigenvalue weighted by atomic mass is 9.93. The topological polar surface area (TPSA) is 3.24 Å². The zero-order valence-corrected chi connectivity index (χ0v) is 17.3. The molecule has 0 aliphatic carbocycles. The molecule has 1 heteroatoms. The highest BCUT2D eigenvalue weighted by molar-refractivity contribution is 5.78. The molecule has 0 unspecified atom stereocenters. The van der Waals surface area contributed by atoms with E-state index in [0.717, 1.165) is 17.1 Å². The second-order valence-electron chi connectivity index (χ2n) is 7.78. The normalized spacial score (nSPS) is 10.9. The average Bonchev–Trinajstić information content (AvgIpc) is 2.76. The van der Waals surface area contributed by atoms with Crippen LogP contribution in [0.5, 0.6) is 0 Å². The van der Waals surface area contributed by atoms with Crippen LogP contribution in [0.4, 0.5) is 17.1 Å². The fraction of sp³-hybridized carbons (Fsp3) is 0.143. The van der Waals surface area contributed by atoms with E-state index in [-0.39, 0.29) is 0 Å². The van der Waals surface area contributed by atoms with Crippen molar-refractivity contribution in [2.75, 3.05) is 4.90 Å². The van der Waals surface area contributed by atoms with Gasteiger partial charge in [0.1, 0.15) is 0 Å². The van der Waals surface area contributed by atoms with Crippen molar-refractivity contribution in [2.24, 2.45) is 0 Å². The van der Waals surface area contributed by atoms with Crippen molar-refractivity contribution in [1.29, 1.82) is 0 Å². The Kier molecular flexibility index (Phi) is 5.48. The maximum absolute atomic E-state index is 2.33. The zero-order chi connectivity index (χ0) is 20.2. The van der Waals surface area contributed by atoms with Crippen LogP contribution >= 0.6 is 0 Å². The molecule has 0 radical (unpaired) electrons. The predicted molar refractivity (Wildman–Crippen MR) is 125 cm³/mol. The summed E-state index contributed by atoms with van der Waals surface area (Å²) in [6.45, 7) is 6.71. The highest BCUT2D eigenvalue weighted by atomic mass is 15.1. The molecule has 29 heavy (non-hydrogen) atoms. The Labute approximate surface area is 174 Å². The molecule has 4 aromatic rings. The summed E-state index contributed by atoms with van der Waals surface area (Å²) < 4.78 is 0. The molecule has 4 aromatic carbocycles. The lowest BCUT2D eigenvalue weighted by Gasteiger charge is -2.25. The van der Waals surface area contributed by atoms with E-state index in [2.05, 4.69) is 129 Å². The molecule has 4 rings (SSSR count). The Hall–Kier alpha value is -3.32. The summed E-state index contributed by atoms with van der Waals surface area (Å²) in [5, 5.41) is 0. The van der Waals surface area contributed by atoms with Crippen molar-refractivity contribution < 1.29 is 0 Å². The van der Waals surface area contributed by atoms with Gasteiger partial charge in [-0.2, -0.15) is 0 Å². The lowest BCUT2D eigenvalue weighted by molar-refractivity contribution is 0.857. The van der Waals surface area contributed by atoms with Crippen LogP contribution in [0, 0.1) is 6.92 Å². The van der Waals surface area contributed by atoms with Gasteiger partial charge in [-0.05, 0) is 71.5 Å². The first-order valence-corrected chi connectivity index (χ1v) is 10.2. The average molecular weight is 378 g/mol. The number of para-hydroxylation sites is 2. The van der Waals surface area contributed by atoms with Gasteiger partial charge in [-0.3, -0.25) is 0 Å². The summed E-state index contributed by atoms with van der Waals surface area (Å²) in [5.74, 6) is 0.529. The van der Waals surface area contributed by atoms with E-state index in [1.54, 1.807) is 0 Å². The van der Waals surface area contributed by atoms with E-state index in [9.17, 15) is 0 Å². The van der Waals surface area contributed by atoms with Crippen LogP contribution in [0.2, 0.25) is 0 Å². The third kappa shape index (κ3) is 4.09. The van der Waals surface area contributed by atoms with Gasteiger partial charge in [0.15, 0.2) is 0 Å². The summed E-state index contributed by atoms with van der Waals surface area (Å²) in [6, 6.07) is 36.7. The Morgan fingerprint density at radius 2 is 1.03 bits per heavy atom. The maximum atomic E-state index is 2.33. The van der Waals surface area contributed by atoms with Crippen molar-refractivity contribution in [3.63, 3.8) is 0 Å². The largest absolute Gasteiger partial charge is 0.311 e. The molecule has 0 atom stereocenters. The van der Waals surface area contributed by atoms with Gasteiger partial charge >= 0.3 is 0 Å². The van der Waals surface area contributed by atoms with Crippen LogP contribution in [0.15, 0.2) is 103 Å². The highest BCUT2D eigenvalue weighted by Crippen LogP contribution is 2.35.